The second-order valence-corrected chi connectivity index (χ2v) is 34.0. The van der Waals surface area contributed by atoms with Crippen LogP contribution in [0.1, 0.15) is 119 Å². The lowest BCUT2D eigenvalue weighted by Gasteiger charge is -2.14. The van der Waals surface area contributed by atoms with Gasteiger partial charge in [0.05, 0.1) is 27.8 Å². The molecular formula is C110H98F2N8O4+4. The fourth-order valence-electron chi connectivity index (χ4n) is 18.8. The number of benzene rings is 8. The molecule has 0 aliphatic heterocycles. The van der Waals surface area contributed by atoms with Gasteiger partial charge in [-0.05, 0) is 245 Å². The fourth-order valence-corrected chi connectivity index (χ4v) is 18.8. The van der Waals surface area contributed by atoms with Crippen molar-refractivity contribution in [2.45, 2.75) is 119 Å². The highest BCUT2D eigenvalue weighted by atomic mass is 19.1. The Morgan fingerprint density at radius 2 is 0.629 bits per heavy atom. The highest BCUT2D eigenvalue weighted by Crippen LogP contribution is 2.46. The number of hydrogen-bond donors (Lipinski definition) is 0. The molecule has 12 aromatic heterocycles. The van der Waals surface area contributed by atoms with Crippen molar-refractivity contribution in [2.75, 3.05) is 0 Å². The van der Waals surface area contributed by atoms with E-state index in [-0.39, 0.29) is 11.6 Å². The quantitative estimate of drug-likeness (QED) is 0.124. The number of aryl methyl sites for hydroxylation is 12. The van der Waals surface area contributed by atoms with Crippen LogP contribution in [0.3, 0.4) is 0 Å². The molecule has 612 valence electrons. The molecule has 2 aliphatic rings. The van der Waals surface area contributed by atoms with Gasteiger partial charge in [-0.25, -0.2) is 47.0 Å². The summed E-state index contributed by atoms with van der Waals surface area (Å²) in [6, 6.07) is 82.4. The summed E-state index contributed by atoms with van der Waals surface area (Å²) in [7, 11) is 8.28. The third-order valence-electron chi connectivity index (χ3n) is 25.5. The summed E-state index contributed by atoms with van der Waals surface area (Å²) in [5.41, 5.74) is 35.5. The summed E-state index contributed by atoms with van der Waals surface area (Å²) >= 11 is 0. The summed E-state index contributed by atoms with van der Waals surface area (Å²) in [5.74, 6) is 0.944. The number of aromatic nitrogens is 8. The molecule has 2 aliphatic carbocycles. The predicted octanol–water partition coefficient (Wildman–Crippen LogP) is 26.6. The Morgan fingerprint density at radius 1 is 0.282 bits per heavy atom. The summed E-state index contributed by atoms with van der Waals surface area (Å²) in [4.78, 5) is 18.4. The van der Waals surface area contributed by atoms with E-state index in [1.807, 2.05) is 66.2 Å². The van der Waals surface area contributed by atoms with E-state index in [4.69, 9.17) is 17.7 Å². The van der Waals surface area contributed by atoms with Crippen LogP contribution in [0.4, 0.5) is 8.78 Å². The summed E-state index contributed by atoms with van der Waals surface area (Å²) in [5, 5.41) is 8.54. The lowest BCUT2D eigenvalue weighted by atomic mass is 9.91. The van der Waals surface area contributed by atoms with Crippen LogP contribution in [-0.4, -0.2) is 19.9 Å². The first-order chi connectivity index (χ1) is 60.2. The van der Waals surface area contributed by atoms with Crippen LogP contribution in [0, 0.1) is 67.0 Å². The molecule has 0 bridgehead atoms. The number of hydrogen-bond acceptors (Lipinski definition) is 8. The molecule has 14 heteroatoms. The zero-order valence-corrected chi connectivity index (χ0v) is 72.2. The standard InChI is InChI=1S/2C30H29N2O.2C25H20FN2O/c1-19-13-15-25-26-16-14-20(2)31-30(26)33-29(25)27(19)28-24(12-7-17-32(28)3)23-11-6-10-22(18-23)21-8-4-5-9-21;1-19-11-13-25-26-14-12-20(2)31-30(26)33-29(25)28(19)27-18-24(15-16-32(27)3)23-10-6-9-22(17-23)21-7-4-5-8-21;1-15-4-11-20-21-12-5-16(2)27-25(21)29-24(20)23(15)22-13-8-18(14-28(22)3)17-6-9-19(26)10-7-17;1-15-4-10-20-21-11-5-16(2)27-25(21)29-24(20)23(15)22-14-18(12-13-28(22)3)17-6-8-19(26)9-7-17/h6-7,10-18,21H,4-5,8-9H2,1-3H3;6,9-18,21H,4-5,7-8H2,1-3H3;2*4-14H,1-3H3/q4*+1. The van der Waals surface area contributed by atoms with Crippen molar-refractivity contribution < 1.29 is 44.7 Å². The molecule has 0 saturated heterocycles. The molecule has 2 fully saturated rings. The van der Waals surface area contributed by atoms with E-state index in [1.165, 1.54) is 126 Å². The largest absolute Gasteiger partial charge is 0.437 e. The minimum atomic E-state index is -0.235. The van der Waals surface area contributed by atoms with E-state index in [0.29, 0.717) is 34.7 Å². The number of halogens is 2. The maximum absolute atomic E-state index is 13.3. The minimum Gasteiger partial charge on any atom is -0.437 e. The van der Waals surface area contributed by atoms with Crippen molar-refractivity contribution in [1.82, 2.24) is 19.9 Å². The summed E-state index contributed by atoms with van der Waals surface area (Å²) in [6.45, 7) is 16.4. The molecule has 20 aromatic rings. The first-order valence-electron chi connectivity index (χ1n) is 43.1. The van der Waals surface area contributed by atoms with E-state index in [1.54, 1.807) is 24.3 Å². The molecule has 8 aromatic carbocycles. The Balaban J connectivity index is 0.000000109. The summed E-state index contributed by atoms with van der Waals surface area (Å²) in [6.07, 6.45) is 19.0. The van der Waals surface area contributed by atoms with Gasteiger partial charge in [0.2, 0.25) is 45.6 Å². The van der Waals surface area contributed by atoms with Crippen LogP contribution in [0.15, 0.2) is 285 Å². The predicted molar refractivity (Wildman–Crippen MR) is 494 cm³/mol. The van der Waals surface area contributed by atoms with Gasteiger partial charge in [-0.15, -0.1) is 0 Å². The van der Waals surface area contributed by atoms with E-state index in [9.17, 15) is 8.78 Å². The molecule has 0 amide bonds. The van der Waals surface area contributed by atoms with Gasteiger partial charge in [-0.1, -0.05) is 147 Å². The van der Waals surface area contributed by atoms with Crippen molar-refractivity contribution in [3.63, 3.8) is 0 Å². The lowest BCUT2D eigenvalue weighted by molar-refractivity contribution is -0.660. The molecule has 0 spiro atoms. The maximum atomic E-state index is 13.3. The van der Waals surface area contributed by atoms with Gasteiger partial charge in [-0.2, -0.15) is 0 Å². The van der Waals surface area contributed by atoms with E-state index in [0.717, 1.165) is 161 Å². The third-order valence-corrected chi connectivity index (χ3v) is 25.5. The second kappa shape index (κ2) is 33.1. The van der Waals surface area contributed by atoms with Crippen LogP contribution in [-0.2, 0) is 28.2 Å². The molecule has 2 saturated carbocycles. The Bertz CT molecular complexity index is 7570. The number of pyridine rings is 8. The highest BCUT2D eigenvalue weighted by molar-refractivity contribution is 6.12. The Labute approximate surface area is 720 Å². The Hall–Kier alpha value is -14.0. The van der Waals surface area contributed by atoms with E-state index in [2.05, 4.69) is 275 Å². The molecular weight excluding hydrogens is 1540 g/mol. The van der Waals surface area contributed by atoms with Crippen LogP contribution in [0.2, 0.25) is 0 Å². The summed E-state index contributed by atoms with van der Waals surface area (Å²) < 4.78 is 60.4. The molecule has 0 N–H and O–H groups in total. The van der Waals surface area contributed by atoms with Gasteiger partial charge in [0.1, 0.15) is 39.8 Å². The van der Waals surface area contributed by atoms with Crippen molar-refractivity contribution in [2.24, 2.45) is 28.2 Å². The zero-order valence-electron chi connectivity index (χ0n) is 72.2. The Kier molecular flexibility index (Phi) is 21.3. The molecule has 0 atom stereocenters. The molecule has 12 nitrogen and oxygen atoms in total. The highest BCUT2D eigenvalue weighted by Gasteiger charge is 2.30. The molecule has 0 radical (unpaired) electrons. The van der Waals surface area contributed by atoms with Gasteiger partial charge in [0, 0.05) is 108 Å². The number of fused-ring (bicyclic) bond motifs is 12. The second-order valence-electron chi connectivity index (χ2n) is 34.0. The zero-order chi connectivity index (χ0) is 85.3. The van der Waals surface area contributed by atoms with Gasteiger partial charge < -0.3 is 17.7 Å². The van der Waals surface area contributed by atoms with Gasteiger partial charge in [0.25, 0.3) is 0 Å². The van der Waals surface area contributed by atoms with Crippen molar-refractivity contribution in [1.29, 1.82) is 0 Å². The SMILES string of the molecule is Cc1ccc2c(n1)oc1c(-c3c(-c4cccc(C5CCCC5)c4)ccc[n+]3C)c(C)ccc12.Cc1ccc2c(n1)oc1c(-c3cc(-c4ccc(F)cc4)cc[n+]3C)c(C)ccc12.Cc1ccc2c(n1)oc1c(-c3cc(-c4cccc(C5CCCC5)c4)cc[n+]3C)c(C)ccc12.Cc1ccc2c(n1)oc1c(-c3ccc(-c4ccc(F)cc4)c[n+]3C)c(C)ccc12. The van der Waals surface area contributed by atoms with Crippen molar-refractivity contribution in [3.8, 4) is 89.5 Å². The normalized spacial score (nSPS) is 13.1. The smallest absolute Gasteiger partial charge is 0.227 e. The van der Waals surface area contributed by atoms with Crippen LogP contribution >= 0.6 is 0 Å². The van der Waals surface area contributed by atoms with E-state index < -0.39 is 0 Å². The van der Waals surface area contributed by atoms with Crippen LogP contribution in [0.25, 0.3) is 178 Å². The average molecular weight is 1630 g/mol. The number of rotatable bonds is 10. The maximum Gasteiger partial charge on any atom is 0.227 e. The van der Waals surface area contributed by atoms with Gasteiger partial charge >= 0.3 is 0 Å². The molecule has 22 rings (SSSR count). The first kappa shape index (κ1) is 79.8. The lowest BCUT2D eigenvalue weighted by Crippen LogP contribution is -2.31. The topological polar surface area (TPSA) is 120 Å². The van der Waals surface area contributed by atoms with Crippen LogP contribution < -0.4 is 18.3 Å². The van der Waals surface area contributed by atoms with Gasteiger partial charge in [-0.3, -0.25) is 0 Å². The Morgan fingerprint density at radius 3 is 1.05 bits per heavy atom. The molecule has 124 heavy (non-hydrogen) atoms. The van der Waals surface area contributed by atoms with Crippen molar-refractivity contribution in [3.05, 3.63) is 335 Å². The minimum absolute atomic E-state index is 0.231. The van der Waals surface area contributed by atoms with Crippen molar-refractivity contribution >= 4 is 88.3 Å². The van der Waals surface area contributed by atoms with Crippen LogP contribution in [0.5, 0.6) is 0 Å². The fraction of sp³-hybridized carbons (Fsp3) is 0.200. The first-order valence-corrected chi connectivity index (χ1v) is 43.1. The monoisotopic (exact) mass is 1630 g/mol. The number of furan rings is 4. The number of nitrogens with zero attached hydrogens (tertiary/aromatic N) is 8. The molecule has 12 heterocycles. The van der Waals surface area contributed by atoms with Gasteiger partial charge in [0.15, 0.2) is 47.1 Å². The average Bonchev–Trinajstić information content (AvgIpc) is 1.61. The third kappa shape index (κ3) is 15.2. The van der Waals surface area contributed by atoms with E-state index >= 15 is 0 Å². The molecule has 0 unspecified atom stereocenters.